The van der Waals surface area contributed by atoms with Crippen LogP contribution in [-0.2, 0) is 9.84 Å². The molecule has 0 aliphatic heterocycles. The van der Waals surface area contributed by atoms with Crippen LogP contribution in [0, 0.1) is 6.92 Å². The highest BCUT2D eigenvalue weighted by atomic mass is 32.2. The van der Waals surface area contributed by atoms with Crippen LogP contribution in [0.15, 0.2) is 35.4 Å². The van der Waals surface area contributed by atoms with Crippen molar-refractivity contribution in [1.82, 2.24) is 9.97 Å². The maximum absolute atomic E-state index is 11.6. The lowest BCUT2D eigenvalue weighted by Gasteiger charge is -2.16. The zero-order valence-corrected chi connectivity index (χ0v) is 14.2. The van der Waals surface area contributed by atoms with Crippen LogP contribution in [0.2, 0.25) is 0 Å². The third-order valence-corrected chi connectivity index (χ3v) is 5.33. The molecule has 0 radical (unpaired) electrons. The molecule has 1 aliphatic rings. The third-order valence-electron chi connectivity index (χ3n) is 4.20. The van der Waals surface area contributed by atoms with E-state index < -0.39 is 9.84 Å². The van der Waals surface area contributed by atoms with Gasteiger partial charge in [-0.2, -0.15) is 0 Å². The largest absolute Gasteiger partial charge is 0.367 e. The molecular weight excluding hydrogens is 310 g/mol. The highest BCUT2D eigenvalue weighted by molar-refractivity contribution is 7.90. The summed E-state index contributed by atoms with van der Waals surface area (Å²) in [7, 11) is -3.18. The minimum Gasteiger partial charge on any atom is -0.367 e. The van der Waals surface area contributed by atoms with E-state index in [-0.39, 0.29) is 0 Å². The van der Waals surface area contributed by atoms with Crippen molar-refractivity contribution < 1.29 is 8.42 Å². The molecule has 2 aromatic rings. The Balaban J connectivity index is 1.95. The van der Waals surface area contributed by atoms with Gasteiger partial charge in [-0.1, -0.05) is 25.0 Å². The van der Waals surface area contributed by atoms with Crippen molar-refractivity contribution in [3.63, 3.8) is 0 Å². The molecule has 5 nitrogen and oxygen atoms in total. The number of sulfone groups is 1. The summed E-state index contributed by atoms with van der Waals surface area (Å²) >= 11 is 0. The maximum atomic E-state index is 11.6. The maximum Gasteiger partial charge on any atom is 0.175 e. The predicted molar refractivity (Wildman–Crippen MR) is 91.2 cm³/mol. The van der Waals surface area contributed by atoms with Crippen molar-refractivity contribution in [2.24, 2.45) is 0 Å². The van der Waals surface area contributed by atoms with Gasteiger partial charge in [0.05, 0.1) is 4.90 Å². The fraction of sp³-hybridized carbons (Fsp3) is 0.412. The van der Waals surface area contributed by atoms with Crippen LogP contribution in [0.25, 0.3) is 11.1 Å². The molecule has 1 aromatic carbocycles. The fourth-order valence-electron chi connectivity index (χ4n) is 2.94. The average Bonchev–Trinajstić information content (AvgIpc) is 3.00. The van der Waals surface area contributed by atoms with Gasteiger partial charge in [0.1, 0.15) is 11.6 Å². The number of nitrogens with one attached hydrogen (secondary N) is 1. The third kappa shape index (κ3) is 3.69. The SMILES string of the molecule is Cc1ncc(-c2ccc(S(C)(=O)=O)cc2)c(NC2CCCC2)n1. The number of benzene rings is 1. The van der Waals surface area contributed by atoms with Gasteiger partial charge in [0.15, 0.2) is 9.84 Å². The first-order chi connectivity index (χ1) is 10.9. The first kappa shape index (κ1) is 15.9. The highest BCUT2D eigenvalue weighted by Crippen LogP contribution is 2.30. The van der Waals surface area contributed by atoms with Gasteiger partial charge in [-0.05, 0) is 37.5 Å². The molecule has 1 fully saturated rings. The highest BCUT2D eigenvalue weighted by Gasteiger charge is 2.18. The first-order valence-corrected chi connectivity index (χ1v) is 9.73. The van der Waals surface area contributed by atoms with E-state index in [4.69, 9.17) is 0 Å². The summed E-state index contributed by atoms with van der Waals surface area (Å²) in [4.78, 5) is 9.16. The number of anilines is 1. The van der Waals surface area contributed by atoms with Gasteiger partial charge in [0, 0.05) is 24.1 Å². The monoisotopic (exact) mass is 331 g/mol. The summed E-state index contributed by atoms with van der Waals surface area (Å²) in [5.74, 6) is 1.55. The summed E-state index contributed by atoms with van der Waals surface area (Å²) in [6, 6.07) is 7.33. The lowest BCUT2D eigenvalue weighted by atomic mass is 10.1. The molecule has 0 saturated heterocycles. The van der Waals surface area contributed by atoms with Crippen LogP contribution < -0.4 is 5.32 Å². The Hall–Kier alpha value is -1.95. The van der Waals surface area contributed by atoms with E-state index in [0.29, 0.717) is 10.9 Å². The van der Waals surface area contributed by atoms with Gasteiger partial charge in [0.2, 0.25) is 0 Å². The summed E-state index contributed by atoms with van der Waals surface area (Å²) in [5, 5.41) is 3.52. The molecule has 1 N–H and O–H groups in total. The number of hydrogen-bond donors (Lipinski definition) is 1. The van der Waals surface area contributed by atoms with Crippen LogP contribution in [-0.4, -0.2) is 30.7 Å². The van der Waals surface area contributed by atoms with Crippen molar-refractivity contribution in [2.75, 3.05) is 11.6 Å². The van der Waals surface area contributed by atoms with Gasteiger partial charge >= 0.3 is 0 Å². The molecule has 1 saturated carbocycles. The topological polar surface area (TPSA) is 72.0 Å². The Bertz CT molecular complexity index is 795. The molecular formula is C17H21N3O2S. The van der Waals surface area contributed by atoms with Crippen LogP contribution in [0.1, 0.15) is 31.5 Å². The Morgan fingerprint density at radius 1 is 1.13 bits per heavy atom. The lowest BCUT2D eigenvalue weighted by Crippen LogP contribution is -2.16. The molecule has 0 atom stereocenters. The molecule has 0 amide bonds. The van der Waals surface area contributed by atoms with Crippen LogP contribution >= 0.6 is 0 Å². The molecule has 122 valence electrons. The molecule has 6 heteroatoms. The van der Waals surface area contributed by atoms with Gasteiger partial charge in [-0.3, -0.25) is 0 Å². The molecule has 1 aromatic heterocycles. The summed E-state index contributed by atoms with van der Waals surface area (Å²) in [6.07, 6.45) is 7.84. The smallest absolute Gasteiger partial charge is 0.175 e. The number of nitrogens with zero attached hydrogens (tertiary/aromatic N) is 2. The van der Waals surface area contributed by atoms with E-state index in [1.807, 2.05) is 19.1 Å². The van der Waals surface area contributed by atoms with Crippen molar-refractivity contribution in [3.05, 3.63) is 36.3 Å². The Labute approximate surface area is 137 Å². The van der Waals surface area contributed by atoms with E-state index in [0.717, 1.165) is 35.6 Å². The van der Waals surface area contributed by atoms with Gasteiger partial charge in [-0.15, -0.1) is 0 Å². The molecule has 3 rings (SSSR count). The number of hydrogen-bond acceptors (Lipinski definition) is 5. The Morgan fingerprint density at radius 2 is 1.78 bits per heavy atom. The second kappa shape index (κ2) is 6.28. The number of rotatable bonds is 4. The molecule has 23 heavy (non-hydrogen) atoms. The van der Waals surface area contributed by atoms with E-state index in [2.05, 4.69) is 15.3 Å². The lowest BCUT2D eigenvalue weighted by molar-refractivity contribution is 0.602. The summed E-state index contributed by atoms with van der Waals surface area (Å²) in [6.45, 7) is 1.87. The van der Waals surface area contributed by atoms with Crippen molar-refractivity contribution in [1.29, 1.82) is 0 Å². The minimum absolute atomic E-state index is 0.319. The average molecular weight is 331 g/mol. The molecule has 0 bridgehead atoms. The zero-order chi connectivity index (χ0) is 16.4. The Morgan fingerprint density at radius 3 is 2.39 bits per heavy atom. The normalized spacial score (nSPS) is 15.7. The van der Waals surface area contributed by atoms with Crippen molar-refractivity contribution in [2.45, 2.75) is 43.5 Å². The Kier molecular flexibility index (Phi) is 4.35. The second-order valence-corrected chi connectivity index (χ2v) is 8.12. The van der Waals surface area contributed by atoms with Gasteiger partial charge in [0.25, 0.3) is 0 Å². The van der Waals surface area contributed by atoms with Gasteiger partial charge in [-0.25, -0.2) is 18.4 Å². The zero-order valence-electron chi connectivity index (χ0n) is 13.4. The van der Waals surface area contributed by atoms with E-state index in [1.165, 1.54) is 19.1 Å². The summed E-state index contributed by atoms with van der Waals surface area (Å²) < 4.78 is 23.2. The summed E-state index contributed by atoms with van der Waals surface area (Å²) in [5.41, 5.74) is 1.82. The number of aryl methyl sites for hydroxylation is 1. The minimum atomic E-state index is -3.18. The quantitative estimate of drug-likeness (QED) is 0.931. The standard InChI is InChI=1S/C17H21N3O2S/c1-12-18-11-16(17(19-12)20-14-5-3-4-6-14)13-7-9-15(10-8-13)23(2,21)22/h7-11,14H,3-6H2,1-2H3,(H,18,19,20). The van der Waals surface area contributed by atoms with Gasteiger partial charge < -0.3 is 5.32 Å². The second-order valence-electron chi connectivity index (χ2n) is 6.10. The van der Waals surface area contributed by atoms with E-state index in [9.17, 15) is 8.42 Å². The molecule has 1 aliphatic carbocycles. The fourth-order valence-corrected chi connectivity index (χ4v) is 3.57. The molecule has 0 unspecified atom stereocenters. The van der Waals surface area contributed by atoms with E-state index >= 15 is 0 Å². The number of aromatic nitrogens is 2. The van der Waals surface area contributed by atoms with Crippen LogP contribution in [0.4, 0.5) is 5.82 Å². The van der Waals surface area contributed by atoms with Crippen LogP contribution in [0.3, 0.4) is 0 Å². The predicted octanol–water partition coefficient (Wildman–Crippen LogP) is 3.21. The van der Waals surface area contributed by atoms with Crippen LogP contribution in [0.5, 0.6) is 0 Å². The van der Waals surface area contributed by atoms with Crippen molar-refractivity contribution >= 4 is 15.7 Å². The molecule has 1 heterocycles. The first-order valence-electron chi connectivity index (χ1n) is 7.84. The van der Waals surface area contributed by atoms with E-state index in [1.54, 1.807) is 18.3 Å². The van der Waals surface area contributed by atoms with Crippen molar-refractivity contribution in [3.8, 4) is 11.1 Å². The molecule has 0 spiro atoms.